The minimum absolute atomic E-state index is 0.306. The fourth-order valence-electron chi connectivity index (χ4n) is 1.77. The predicted molar refractivity (Wildman–Crippen MR) is 69.6 cm³/mol. The second-order valence-electron chi connectivity index (χ2n) is 4.24. The molecular formula is C14H16N2O3. The van der Waals surface area contributed by atoms with E-state index in [4.69, 9.17) is 5.26 Å². The summed E-state index contributed by atoms with van der Waals surface area (Å²) in [7, 11) is 0. The molecule has 0 atom stereocenters. The molecule has 0 heterocycles. The van der Waals surface area contributed by atoms with Crippen LogP contribution < -0.4 is 5.32 Å². The van der Waals surface area contributed by atoms with Crippen molar-refractivity contribution in [1.29, 1.82) is 5.26 Å². The summed E-state index contributed by atoms with van der Waals surface area (Å²) in [5, 5.41) is 20.5. The standard InChI is InChI=1S/C14H16N2O3/c1-3-14(4-2,13(18)19)16-12(17)11-7-5-10(9-15)6-8-11/h5-8H,3-4H2,1-2H3,(H,16,17)(H,18,19). The highest BCUT2D eigenvalue weighted by atomic mass is 16.4. The van der Waals surface area contributed by atoms with E-state index in [9.17, 15) is 14.7 Å². The first-order valence-electron chi connectivity index (χ1n) is 6.05. The molecule has 0 saturated heterocycles. The molecule has 0 spiro atoms. The lowest BCUT2D eigenvalue weighted by atomic mass is 9.92. The third-order valence-corrected chi connectivity index (χ3v) is 3.25. The number of amides is 1. The Kier molecular flexibility index (Phi) is 4.65. The van der Waals surface area contributed by atoms with Crippen molar-refractivity contribution in [3.63, 3.8) is 0 Å². The molecule has 0 saturated carbocycles. The predicted octanol–water partition coefficient (Wildman–Crippen LogP) is 1.93. The van der Waals surface area contributed by atoms with Crippen molar-refractivity contribution >= 4 is 11.9 Å². The fourth-order valence-corrected chi connectivity index (χ4v) is 1.77. The van der Waals surface area contributed by atoms with Gasteiger partial charge in [-0.25, -0.2) is 4.79 Å². The largest absolute Gasteiger partial charge is 0.480 e. The van der Waals surface area contributed by atoms with Gasteiger partial charge in [0.05, 0.1) is 11.6 Å². The molecule has 0 radical (unpaired) electrons. The van der Waals surface area contributed by atoms with Crippen molar-refractivity contribution in [3.05, 3.63) is 35.4 Å². The van der Waals surface area contributed by atoms with Gasteiger partial charge in [0.15, 0.2) is 0 Å². The molecule has 2 N–H and O–H groups in total. The van der Waals surface area contributed by atoms with Gasteiger partial charge in [0.25, 0.3) is 5.91 Å². The number of nitriles is 1. The lowest BCUT2D eigenvalue weighted by molar-refractivity contribution is -0.144. The zero-order valence-electron chi connectivity index (χ0n) is 10.9. The van der Waals surface area contributed by atoms with Crippen LogP contribution in [-0.2, 0) is 4.79 Å². The molecule has 0 aliphatic rings. The van der Waals surface area contributed by atoms with E-state index in [2.05, 4.69) is 5.32 Å². The zero-order chi connectivity index (χ0) is 14.5. The molecular weight excluding hydrogens is 244 g/mol. The molecule has 1 amide bonds. The van der Waals surface area contributed by atoms with Gasteiger partial charge in [0.1, 0.15) is 5.54 Å². The van der Waals surface area contributed by atoms with Crippen molar-refractivity contribution in [3.8, 4) is 6.07 Å². The fraction of sp³-hybridized carbons (Fsp3) is 0.357. The highest BCUT2D eigenvalue weighted by Crippen LogP contribution is 2.16. The minimum Gasteiger partial charge on any atom is -0.480 e. The molecule has 5 heteroatoms. The van der Waals surface area contributed by atoms with Gasteiger partial charge in [0, 0.05) is 5.56 Å². The van der Waals surface area contributed by atoms with Crippen LogP contribution in [0, 0.1) is 11.3 Å². The maximum atomic E-state index is 12.0. The van der Waals surface area contributed by atoms with Crippen LogP contribution in [0.3, 0.4) is 0 Å². The number of carboxylic acid groups (broad SMARTS) is 1. The molecule has 0 aliphatic heterocycles. The minimum atomic E-state index is -1.25. The molecule has 5 nitrogen and oxygen atoms in total. The average molecular weight is 260 g/mol. The van der Waals surface area contributed by atoms with E-state index in [1.54, 1.807) is 13.8 Å². The van der Waals surface area contributed by atoms with E-state index in [1.165, 1.54) is 24.3 Å². The highest BCUT2D eigenvalue weighted by Gasteiger charge is 2.36. The molecule has 0 aromatic heterocycles. The first-order valence-corrected chi connectivity index (χ1v) is 6.05. The van der Waals surface area contributed by atoms with E-state index in [1.807, 2.05) is 6.07 Å². The first-order chi connectivity index (χ1) is 8.99. The smallest absolute Gasteiger partial charge is 0.329 e. The summed E-state index contributed by atoms with van der Waals surface area (Å²) in [6.45, 7) is 3.44. The van der Waals surface area contributed by atoms with Gasteiger partial charge in [-0.3, -0.25) is 4.79 Å². The number of hydrogen-bond donors (Lipinski definition) is 2. The second kappa shape index (κ2) is 6.01. The Hall–Kier alpha value is -2.35. The topological polar surface area (TPSA) is 90.2 Å². The molecule has 1 rings (SSSR count). The Labute approximate surface area is 111 Å². The molecule has 19 heavy (non-hydrogen) atoms. The summed E-state index contributed by atoms with van der Waals surface area (Å²) >= 11 is 0. The SMILES string of the molecule is CCC(CC)(NC(=O)c1ccc(C#N)cc1)C(=O)O. The monoisotopic (exact) mass is 260 g/mol. The summed E-state index contributed by atoms with van der Waals surface area (Å²) in [4.78, 5) is 23.3. The molecule has 0 unspecified atom stereocenters. The Bertz CT molecular complexity index is 510. The number of nitrogens with zero attached hydrogens (tertiary/aromatic N) is 1. The number of aliphatic carboxylic acids is 1. The van der Waals surface area contributed by atoms with Crippen molar-refractivity contribution in [2.75, 3.05) is 0 Å². The van der Waals surface area contributed by atoms with Crippen LogP contribution in [0.1, 0.15) is 42.6 Å². The molecule has 0 bridgehead atoms. The number of benzene rings is 1. The van der Waals surface area contributed by atoms with E-state index in [-0.39, 0.29) is 0 Å². The van der Waals surface area contributed by atoms with Crippen molar-refractivity contribution < 1.29 is 14.7 Å². The van der Waals surface area contributed by atoms with Crippen LogP contribution in [0.15, 0.2) is 24.3 Å². The quantitative estimate of drug-likeness (QED) is 0.846. The van der Waals surface area contributed by atoms with Crippen LogP contribution in [0.2, 0.25) is 0 Å². The third-order valence-electron chi connectivity index (χ3n) is 3.25. The summed E-state index contributed by atoms with van der Waals surface area (Å²) in [5.74, 6) is -1.49. The Morgan fingerprint density at radius 1 is 1.26 bits per heavy atom. The second-order valence-corrected chi connectivity index (χ2v) is 4.24. The van der Waals surface area contributed by atoms with Gasteiger partial charge < -0.3 is 10.4 Å². The molecule has 0 aliphatic carbocycles. The molecule has 100 valence electrons. The average Bonchev–Trinajstić information content (AvgIpc) is 2.44. The molecule has 1 aromatic carbocycles. The number of rotatable bonds is 5. The lowest BCUT2D eigenvalue weighted by Crippen LogP contribution is -2.53. The maximum Gasteiger partial charge on any atom is 0.329 e. The van der Waals surface area contributed by atoms with E-state index in [0.29, 0.717) is 24.0 Å². The Morgan fingerprint density at radius 2 is 1.79 bits per heavy atom. The number of carbonyl (C=O) groups is 2. The van der Waals surface area contributed by atoms with Gasteiger partial charge in [-0.15, -0.1) is 0 Å². The van der Waals surface area contributed by atoms with Crippen LogP contribution in [0.4, 0.5) is 0 Å². The number of nitrogens with one attached hydrogen (secondary N) is 1. The highest BCUT2D eigenvalue weighted by molar-refractivity contribution is 5.97. The summed E-state index contributed by atoms with van der Waals surface area (Å²) < 4.78 is 0. The van der Waals surface area contributed by atoms with Crippen LogP contribution in [-0.4, -0.2) is 22.5 Å². The van der Waals surface area contributed by atoms with Crippen molar-refractivity contribution in [2.45, 2.75) is 32.2 Å². The van der Waals surface area contributed by atoms with Crippen molar-refractivity contribution in [1.82, 2.24) is 5.32 Å². The van der Waals surface area contributed by atoms with E-state index in [0.717, 1.165) is 0 Å². The van der Waals surface area contributed by atoms with Gasteiger partial charge in [-0.05, 0) is 37.1 Å². The van der Waals surface area contributed by atoms with Gasteiger partial charge in [-0.1, -0.05) is 13.8 Å². The summed E-state index contributed by atoms with van der Waals surface area (Å²) in [6, 6.07) is 8.01. The van der Waals surface area contributed by atoms with Crippen LogP contribution >= 0.6 is 0 Å². The lowest BCUT2D eigenvalue weighted by Gasteiger charge is -2.28. The Balaban J connectivity index is 2.94. The first kappa shape index (κ1) is 14.7. The van der Waals surface area contributed by atoms with Crippen LogP contribution in [0.5, 0.6) is 0 Å². The van der Waals surface area contributed by atoms with Gasteiger partial charge in [-0.2, -0.15) is 5.26 Å². The third kappa shape index (κ3) is 3.10. The number of carboxylic acids is 1. The number of hydrogen-bond acceptors (Lipinski definition) is 3. The summed E-state index contributed by atoms with van der Waals surface area (Å²) in [6.07, 6.45) is 0.613. The molecule has 1 aromatic rings. The van der Waals surface area contributed by atoms with E-state index >= 15 is 0 Å². The normalized spacial score (nSPS) is 10.6. The maximum absolute atomic E-state index is 12.0. The van der Waals surface area contributed by atoms with Crippen LogP contribution in [0.25, 0.3) is 0 Å². The van der Waals surface area contributed by atoms with Crippen molar-refractivity contribution in [2.24, 2.45) is 0 Å². The van der Waals surface area contributed by atoms with E-state index < -0.39 is 17.4 Å². The zero-order valence-corrected chi connectivity index (χ0v) is 10.9. The Morgan fingerprint density at radius 3 is 2.16 bits per heavy atom. The van der Waals surface area contributed by atoms with Gasteiger partial charge in [0.2, 0.25) is 0 Å². The summed E-state index contributed by atoms with van der Waals surface area (Å²) in [5.41, 5.74) is -0.455. The molecule has 0 fully saturated rings. The number of carbonyl (C=O) groups excluding carboxylic acids is 1. The van der Waals surface area contributed by atoms with Gasteiger partial charge >= 0.3 is 5.97 Å².